The highest BCUT2D eigenvalue weighted by Crippen LogP contribution is 2.30. The number of anilines is 2. The molecule has 0 aliphatic rings. The number of hydrogen-bond acceptors (Lipinski definition) is 7. The van der Waals surface area contributed by atoms with E-state index in [1.165, 1.54) is 0 Å². The molecule has 1 aromatic carbocycles. The summed E-state index contributed by atoms with van der Waals surface area (Å²) in [4.78, 5) is 35.7. The van der Waals surface area contributed by atoms with Crippen molar-refractivity contribution in [1.82, 2.24) is 20.6 Å². The molecule has 1 atom stereocenters. The highest BCUT2D eigenvalue weighted by molar-refractivity contribution is 7.13. The fourth-order valence-corrected chi connectivity index (χ4v) is 4.06. The summed E-state index contributed by atoms with van der Waals surface area (Å²) in [6, 6.07) is 12.1. The molecule has 0 bridgehead atoms. The third-order valence-electron chi connectivity index (χ3n) is 4.95. The van der Waals surface area contributed by atoms with Crippen molar-refractivity contribution in [3.63, 3.8) is 0 Å². The molecule has 33 heavy (non-hydrogen) atoms. The molecule has 170 valence electrons. The van der Waals surface area contributed by atoms with E-state index in [4.69, 9.17) is 10.2 Å². The van der Waals surface area contributed by atoms with Gasteiger partial charge in [-0.25, -0.2) is 4.98 Å². The first-order valence-electron chi connectivity index (χ1n) is 10.5. The molecular formula is C24H26N6O2S. The van der Waals surface area contributed by atoms with Gasteiger partial charge in [-0.3, -0.25) is 14.6 Å². The smallest absolute Gasteiger partial charge is 0.251 e. The third kappa shape index (κ3) is 6.37. The van der Waals surface area contributed by atoms with Crippen LogP contribution in [-0.4, -0.2) is 41.4 Å². The van der Waals surface area contributed by atoms with E-state index in [9.17, 15) is 9.59 Å². The standard InChI is InChI=1S/C24H26N6O2S/c1-16(2)14-20(23(32)27-13-10-25)28-22(31)17-4-6-19(7-5-17)30(3)21-15-33-24(29-21)18-8-11-26-12-9-18/h4-9,11-12,15-16,20H,13-14H2,1-3H3,(H,27,32)(H,28,31)/t20-/m0/s1. The Labute approximate surface area is 197 Å². The van der Waals surface area contributed by atoms with Crippen LogP contribution in [0.2, 0.25) is 0 Å². The lowest BCUT2D eigenvalue weighted by Crippen LogP contribution is -2.47. The maximum absolute atomic E-state index is 12.7. The quantitative estimate of drug-likeness (QED) is 0.469. The van der Waals surface area contributed by atoms with Crippen LogP contribution in [0, 0.1) is 17.2 Å². The Balaban J connectivity index is 1.68. The Hall–Kier alpha value is -3.77. The number of carbonyl (C=O) groups excluding carboxylic acids is 2. The lowest BCUT2D eigenvalue weighted by molar-refractivity contribution is -0.123. The van der Waals surface area contributed by atoms with Crippen molar-refractivity contribution in [2.45, 2.75) is 26.3 Å². The van der Waals surface area contributed by atoms with E-state index in [2.05, 4.69) is 15.6 Å². The number of pyridine rings is 1. The van der Waals surface area contributed by atoms with Crippen molar-refractivity contribution in [2.24, 2.45) is 5.92 Å². The first-order valence-corrected chi connectivity index (χ1v) is 11.4. The highest BCUT2D eigenvalue weighted by Gasteiger charge is 2.22. The number of nitrogens with one attached hydrogen (secondary N) is 2. The van der Waals surface area contributed by atoms with Crippen molar-refractivity contribution < 1.29 is 9.59 Å². The fraction of sp³-hybridized carbons (Fsp3) is 0.292. The van der Waals surface area contributed by atoms with E-state index in [-0.39, 0.29) is 24.3 Å². The summed E-state index contributed by atoms with van der Waals surface area (Å²) in [6.45, 7) is 3.85. The Morgan fingerprint density at radius 3 is 2.48 bits per heavy atom. The van der Waals surface area contributed by atoms with E-state index in [1.54, 1.807) is 35.9 Å². The normalized spacial score (nSPS) is 11.5. The molecule has 2 heterocycles. The number of nitrogens with zero attached hydrogens (tertiary/aromatic N) is 4. The molecule has 0 aliphatic heterocycles. The number of thiazole rings is 1. The van der Waals surface area contributed by atoms with Gasteiger partial charge in [0.25, 0.3) is 5.91 Å². The summed E-state index contributed by atoms with van der Waals surface area (Å²) in [7, 11) is 1.92. The highest BCUT2D eigenvalue weighted by atomic mass is 32.1. The predicted molar refractivity (Wildman–Crippen MR) is 129 cm³/mol. The van der Waals surface area contributed by atoms with E-state index in [0.29, 0.717) is 12.0 Å². The van der Waals surface area contributed by atoms with Crippen LogP contribution in [0.15, 0.2) is 54.2 Å². The molecule has 2 aromatic heterocycles. The van der Waals surface area contributed by atoms with Crippen LogP contribution in [-0.2, 0) is 4.79 Å². The van der Waals surface area contributed by atoms with Crippen LogP contribution >= 0.6 is 11.3 Å². The lowest BCUT2D eigenvalue weighted by atomic mass is 10.0. The third-order valence-corrected chi connectivity index (χ3v) is 5.83. The Morgan fingerprint density at radius 2 is 1.85 bits per heavy atom. The maximum atomic E-state index is 12.7. The van der Waals surface area contributed by atoms with Crippen molar-refractivity contribution in [3.05, 3.63) is 59.7 Å². The van der Waals surface area contributed by atoms with Gasteiger partial charge in [-0.15, -0.1) is 11.3 Å². The Kier molecular flexibility index (Phi) is 8.11. The van der Waals surface area contributed by atoms with E-state index in [1.807, 2.05) is 61.5 Å². The van der Waals surface area contributed by atoms with Gasteiger partial charge in [-0.1, -0.05) is 13.8 Å². The molecule has 0 fully saturated rings. The molecule has 8 nitrogen and oxygen atoms in total. The van der Waals surface area contributed by atoms with Crippen LogP contribution in [0.5, 0.6) is 0 Å². The molecule has 0 spiro atoms. The largest absolute Gasteiger partial charge is 0.341 e. The summed E-state index contributed by atoms with van der Waals surface area (Å²) in [5, 5.41) is 16.9. The number of amides is 2. The SMILES string of the molecule is CC(C)C[C@H](NC(=O)c1ccc(N(C)c2csc(-c3ccncc3)n2)cc1)C(=O)NCC#N. The zero-order valence-electron chi connectivity index (χ0n) is 18.8. The van der Waals surface area contributed by atoms with Gasteiger partial charge in [0.2, 0.25) is 5.91 Å². The predicted octanol–water partition coefficient (Wildman–Crippen LogP) is 3.76. The van der Waals surface area contributed by atoms with Crippen LogP contribution in [0.4, 0.5) is 11.5 Å². The Bertz CT molecular complexity index is 1120. The molecule has 2 amide bonds. The van der Waals surface area contributed by atoms with Gasteiger partial charge in [-0.2, -0.15) is 5.26 Å². The average Bonchev–Trinajstić information content (AvgIpc) is 3.32. The molecule has 3 aromatic rings. The van der Waals surface area contributed by atoms with Crippen molar-refractivity contribution >= 4 is 34.7 Å². The number of benzene rings is 1. The van der Waals surface area contributed by atoms with Gasteiger partial charge >= 0.3 is 0 Å². The molecule has 9 heteroatoms. The second kappa shape index (κ2) is 11.2. The van der Waals surface area contributed by atoms with Crippen LogP contribution < -0.4 is 15.5 Å². The average molecular weight is 463 g/mol. The van der Waals surface area contributed by atoms with Gasteiger partial charge < -0.3 is 15.5 Å². The monoisotopic (exact) mass is 462 g/mol. The van der Waals surface area contributed by atoms with Crippen LogP contribution in [0.3, 0.4) is 0 Å². The summed E-state index contributed by atoms with van der Waals surface area (Å²) in [5.41, 5.74) is 2.34. The second-order valence-electron chi connectivity index (χ2n) is 7.88. The first-order chi connectivity index (χ1) is 15.9. The minimum atomic E-state index is -0.699. The molecule has 0 radical (unpaired) electrons. The summed E-state index contributed by atoms with van der Waals surface area (Å²) >= 11 is 1.55. The maximum Gasteiger partial charge on any atom is 0.251 e. The first kappa shape index (κ1) is 23.9. The van der Waals surface area contributed by atoms with E-state index >= 15 is 0 Å². The molecule has 2 N–H and O–H groups in total. The Morgan fingerprint density at radius 1 is 1.15 bits per heavy atom. The van der Waals surface area contributed by atoms with Crippen LogP contribution in [0.25, 0.3) is 10.6 Å². The zero-order chi connectivity index (χ0) is 23.8. The van der Waals surface area contributed by atoms with Gasteiger partial charge in [-0.05, 0) is 48.7 Å². The van der Waals surface area contributed by atoms with Crippen molar-refractivity contribution in [3.8, 4) is 16.6 Å². The minimum absolute atomic E-state index is 0.0934. The molecule has 0 aliphatic carbocycles. The zero-order valence-corrected chi connectivity index (χ0v) is 19.6. The summed E-state index contributed by atoms with van der Waals surface area (Å²) in [5.74, 6) is 0.309. The molecule has 0 saturated carbocycles. The van der Waals surface area contributed by atoms with Gasteiger partial charge in [0.1, 0.15) is 23.4 Å². The number of nitriles is 1. The molecular weight excluding hydrogens is 436 g/mol. The number of rotatable bonds is 9. The minimum Gasteiger partial charge on any atom is -0.341 e. The summed E-state index contributed by atoms with van der Waals surface area (Å²) in [6.07, 6.45) is 3.96. The van der Waals surface area contributed by atoms with Crippen molar-refractivity contribution in [2.75, 3.05) is 18.5 Å². The lowest BCUT2D eigenvalue weighted by Gasteiger charge is -2.20. The van der Waals surface area contributed by atoms with Gasteiger partial charge in [0, 0.05) is 41.6 Å². The van der Waals surface area contributed by atoms with E-state index < -0.39 is 6.04 Å². The second-order valence-corrected chi connectivity index (χ2v) is 8.74. The fourth-order valence-electron chi connectivity index (χ4n) is 3.21. The topological polar surface area (TPSA) is 111 Å². The molecule has 3 rings (SSSR count). The molecule has 0 saturated heterocycles. The van der Waals surface area contributed by atoms with Crippen LogP contribution in [0.1, 0.15) is 30.6 Å². The number of carbonyl (C=O) groups is 2. The van der Waals surface area contributed by atoms with Gasteiger partial charge in [0.05, 0.1) is 6.07 Å². The molecule has 0 unspecified atom stereocenters. The number of aromatic nitrogens is 2. The van der Waals surface area contributed by atoms with Crippen molar-refractivity contribution in [1.29, 1.82) is 5.26 Å². The number of hydrogen-bond donors (Lipinski definition) is 2. The van der Waals surface area contributed by atoms with E-state index in [0.717, 1.165) is 22.1 Å². The summed E-state index contributed by atoms with van der Waals surface area (Å²) < 4.78 is 0. The van der Waals surface area contributed by atoms with Gasteiger partial charge in [0.15, 0.2) is 0 Å².